The molecule has 0 radical (unpaired) electrons. The van der Waals surface area contributed by atoms with Crippen LogP contribution in [0.1, 0.15) is 25.3 Å². The molecule has 2 aromatic rings. The van der Waals surface area contributed by atoms with Gasteiger partial charge in [-0.1, -0.05) is 23.7 Å². The lowest BCUT2D eigenvalue weighted by atomic mass is 10.0. The molecule has 1 saturated heterocycles. The van der Waals surface area contributed by atoms with Crippen molar-refractivity contribution in [2.75, 3.05) is 20.2 Å². The third-order valence-electron chi connectivity index (χ3n) is 5.20. The van der Waals surface area contributed by atoms with Gasteiger partial charge in [0.2, 0.25) is 5.91 Å². The quantitative estimate of drug-likeness (QED) is 0.730. The summed E-state index contributed by atoms with van der Waals surface area (Å²) in [6, 6.07) is 14.5. The van der Waals surface area contributed by atoms with Gasteiger partial charge in [-0.3, -0.25) is 9.59 Å². The van der Waals surface area contributed by atoms with E-state index in [2.05, 4.69) is 5.32 Å². The molecule has 0 spiro atoms. The first kappa shape index (κ1) is 22.0. The number of methoxy groups -OCH3 is 1. The van der Waals surface area contributed by atoms with E-state index in [1.807, 2.05) is 29.2 Å². The fourth-order valence-corrected chi connectivity index (χ4v) is 3.52. The van der Waals surface area contributed by atoms with Gasteiger partial charge in [-0.25, -0.2) is 0 Å². The lowest BCUT2D eigenvalue weighted by Crippen LogP contribution is -2.49. The Labute approximate surface area is 182 Å². The van der Waals surface area contributed by atoms with Crippen LogP contribution in [0.25, 0.3) is 0 Å². The maximum absolute atomic E-state index is 12.6. The number of benzene rings is 2. The van der Waals surface area contributed by atoms with Crippen molar-refractivity contribution in [2.45, 2.75) is 38.3 Å². The molecule has 7 heteroatoms. The molecule has 3 rings (SSSR count). The Morgan fingerprint density at radius 3 is 2.27 bits per heavy atom. The lowest BCUT2D eigenvalue weighted by molar-refractivity contribution is -0.132. The predicted octanol–water partition coefficient (Wildman–Crippen LogP) is 3.47. The number of amides is 2. The summed E-state index contributed by atoms with van der Waals surface area (Å²) in [5.74, 6) is 1.32. The average Bonchev–Trinajstić information content (AvgIpc) is 2.76. The summed E-state index contributed by atoms with van der Waals surface area (Å²) < 4.78 is 10.8. The number of carbonyl (C=O) groups is 2. The first-order chi connectivity index (χ1) is 14.4. The standard InChI is InChI=1S/C23H27ClN2O4/c1-16(30-21-9-5-18(24)6-10-21)23(28)25-19-11-13-26(14-12-19)22(27)15-17-3-7-20(29-2)8-4-17/h3-10,16,19H,11-15H2,1-2H3,(H,25,28). The van der Waals surface area contributed by atoms with Crippen molar-refractivity contribution in [3.05, 3.63) is 59.1 Å². The maximum atomic E-state index is 12.6. The number of nitrogens with zero attached hydrogens (tertiary/aromatic N) is 1. The lowest BCUT2D eigenvalue weighted by Gasteiger charge is -2.33. The highest BCUT2D eigenvalue weighted by atomic mass is 35.5. The molecule has 0 bridgehead atoms. The van der Waals surface area contributed by atoms with E-state index in [1.54, 1.807) is 38.3 Å². The topological polar surface area (TPSA) is 67.9 Å². The fourth-order valence-electron chi connectivity index (χ4n) is 3.39. The minimum Gasteiger partial charge on any atom is -0.497 e. The summed E-state index contributed by atoms with van der Waals surface area (Å²) in [7, 11) is 1.62. The van der Waals surface area contributed by atoms with Crippen LogP contribution in [-0.2, 0) is 16.0 Å². The second-order valence-electron chi connectivity index (χ2n) is 7.40. The number of carbonyl (C=O) groups excluding carboxylic acids is 2. The highest BCUT2D eigenvalue weighted by Gasteiger charge is 2.25. The number of likely N-dealkylation sites (tertiary alicyclic amines) is 1. The molecule has 1 aliphatic rings. The molecule has 1 N–H and O–H groups in total. The number of hydrogen-bond acceptors (Lipinski definition) is 4. The van der Waals surface area contributed by atoms with Gasteiger partial charge < -0.3 is 19.7 Å². The Morgan fingerprint density at radius 1 is 1.07 bits per heavy atom. The molecule has 1 aliphatic heterocycles. The zero-order valence-corrected chi connectivity index (χ0v) is 18.0. The summed E-state index contributed by atoms with van der Waals surface area (Å²) >= 11 is 5.86. The van der Waals surface area contributed by atoms with E-state index in [0.29, 0.717) is 30.3 Å². The summed E-state index contributed by atoms with van der Waals surface area (Å²) in [6.07, 6.45) is 1.22. The largest absolute Gasteiger partial charge is 0.497 e. The van der Waals surface area contributed by atoms with E-state index in [4.69, 9.17) is 21.1 Å². The van der Waals surface area contributed by atoms with Gasteiger partial charge in [0.25, 0.3) is 5.91 Å². The molecule has 6 nitrogen and oxygen atoms in total. The Hall–Kier alpha value is -2.73. The van der Waals surface area contributed by atoms with Gasteiger partial charge in [0.1, 0.15) is 11.5 Å². The molecule has 30 heavy (non-hydrogen) atoms. The second-order valence-corrected chi connectivity index (χ2v) is 7.84. The first-order valence-electron chi connectivity index (χ1n) is 10.1. The minimum absolute atomic E-state index is 0.0406. The smallest absolute Gasteiger partial charge is 0.260 e. The van der Waals surface area contributed by atoms with Crippen molar-refractivity contribution in [1.29, 1.82) is 0 Å². The van der Waals surface area contributed by atoms with E-state index in [9.17, 15) is 9.59 Å². The number of hydrogen-bond donors (Lipinski definition) is 1. The van der Waals surface area contributed by atoms with Gasteiger partial charge in [-0.05, 0) is 61.7 Å². The van der Waals surface area contributed by atoms with Crippen LogP contribution in [0.3, 0.4) is 0 Å². The molecule has 160 valence electrons. The Morgan fingerprint density at radius 2 is 1.67 bits per heavy atom. The van der Waals surface area contributed by atoms with Crippen molar-refractivity contribution in [3.63, 3.8) is 0 Å². The van der Waals surface area contributed by atoms with Crippen molar-refractivity contribution in [2.24, 2.45) is 0 Å². The zero-order valence-electron chi connectivity index (χ0n) is 17.3. The molecule has 1 atom stereocenters. The number of ether oxygens (including phenoxy) is 2. The van der Waals surface area contributed by atoms with Gasteiger partial charge in [-0.2, -0.15) is 0 Å². The maximum Gasteiger partial charge on any atom is 0.260 e. The zero-order chi connectivity index (χ0) is 21.5. The summed E-state index contributed by atoms with van der Waals surface area (Å²) in [4.78, 5) is 26.9. The number of piperidine rings is 1. The molecule has 0 saturated carbocycles. The summed E-state index contributed by atoms with van der Waals surface area (Å²) in [5.41, 5.74) is 0.962. The van der Waals surface area contributed by atoms with Crippen LogP contribution in [0.5, 0.6) is 11.5 Å². The summed E-state index contributed by atoms with van der Waals surface area (Å²) in [5, 5.41) is 3.65. The Kier molecular flexibility index (Phi) is 7.57. The summed E-state index contributed by atoms with van der Waals surface area (Å²) in [6.45, 7) is 2.98. The van der Waals surface area contributed by atoms with E-state index in [1.165, 1.54) is 0 Å². The van der Waals surface area contributed by atoms with E-state index >= 15 is 0 Å². The molecular formula is C23H27ClN2O4. The highest BCUT2D eigenvalue weighted by Crippen LogP contribution is 2.18. The van der Waals surface area contributed by atoms with Crippen molar-refractivity contribution >= 4 is 23.4 Å². The normalized spacial score (nSPS) is 15.4. The molecule has 1 fully saturated rings. The molecular weight excluding hydrogens is 404 g/mol. The van der Waals surface area contributed by atoms with Crippen LogP contribution in [0.4, 0.5) is 0 Å². The Bertz CT molecular complexity index is 847. The van der Waals surface area contributed by atoms with Crippen molar-refractivity contribution < 1.29 is 19.1 Å². The van der Waals surface area contributed by atoms with Gasteiger partial charge in [0.05, 0.1) is 13.5 Å². The number of rotatable bonds is 7. The molecule has 2 aromatic carbocycles. The second kappa shape index (κ2) is 10.3. The number of halogens is 1. The van der Waals surface area contributed by atoms with Gasteiger partial charge in [-0.15, -0.1) is 0 Å². The van der Waals surface area contributed by atoms with E-state index in [0.717, 1.165) is 24.2 Å². The predicted molar refractivity (Wildman–Crippen MR) is 116 cm³/mol. The molecule has 1 unspecified atom stereocenters. The molecule has 2 amide bonds. The SMILES string of the molecule is COc1ccc(CC(=O)N2CCC(NC(=O)C(C)Oc3ccc(Cl)cc3)CC2)cc1. The molecule has 1 heterocycles. The van der Waals surface area contributed by atoms with Crippen LogP contribution in [0, 0.1) is 0 Å². The van der Waals surface area contributed by atoms with Crippen LogP contribution in [0.15, 0.2) is 48.5 Å². The third-order valence-corrected chi connectivity index (χ3v) is 5.46. The molecule has 0 aliphatic carbocycles. The van der Waals surface area contributed by atoms with Crippen LogP contribution in [-0.4, -0.2) is 49.1 Å². The van der Waals surface area contributed by atoms with Gasteiger partial charge in [0.15, 0.2) is 6.10 Å². The number of nitrogens with one attached hydrogen (secondary N) is 1. The van der Waals surface area contributed by atoms with Gasteiger partial charge >= 0.3 is 0 Å². The highest BCUT2D eigenvalue weighted by molar-refractivity contribution is 6.30. The van der Waals surface area contributed by atoms with Crippen LogP contribution in [0.2, 0.25) is 5.02 Å². The van der Waals surface area contributed by atoms with Crippen LogP contribution < -0.4 is 14.8 Å². The first-order valence-corrected chi connectivity index (χ1v) is 10.5. The van der Waals surface area contributed by atoms with Crippen LogP contribution >= 0.6 is 11.6 Å². The van der Waals surface area contributed by atoms with E-state index in [-0.39, 0.29) is 17.9 Å². The third kappa shape index (κ3) is 6.13. The monoisotopic (exact) mass is 430 g/mol. The van der Waals surface area contributed by atoms with E-state index < -0.39 is 6.10 Å². The van der Waals surface area contributed by atoms with Crippen molar-refractivity contribution in [1.82, 2.24) is 10.2 Å². The fraction of sp³-hybridized carbons (Fsp3) is 0.391. The average molecular weight is 431 g/mol. The van der Waals surface area contributed by atoms with Gasteiger partial charge in [0, 0.05) is 24.2 Å². The Balaban J connectivity index is 1.42. The molecule has 0 aromatic heterocycles. The minimum atomic E-state index is -0.610. The van der Waals surface area contributed by atoms with Crippen molar-refractivity contribution in [3.8, 4) is 11.5 Å².